The van der Waals surface area contributed by atoms with E-state index in [0.29, 0.717) is 5.56 Å². The summed E-state index contributed by atoms with van der Waals surface area (Å²) in [7, 11) is 0. The van der Waals surface area contributed by atoms with E-state index in [1.807, 2.05) is 0 Å². The molecule has 1 unspecified atom stereocenters. The number of carbonyl (C=O) groups excluding carboxylic acids is 1. The first-order valence-electron chi connectivity index (χ1n) is 5.93. The van der Waals surface area contributed by atoms with Crippen molar-refractivity contribution in [1.29, 1.82) is 0 Å². The highest BCUT2D eigenvalue weighted by Crippen LogP contribution is 2.34. The van der Waals surface area contributed by atoms with Gasteiger partial charge in [-0.15, -0.1) is 0 Å². The van der Waals surface area contributed by atoms with E-state index in [1.54, 1.807) is 31.2 Å². The molecule has 0 bridgehead atoms. The molecule has 0 aromatic heterocycles. The molecule has 3 nitrogen and oxygen atoms in total. The third-order valence-corrected chi connectivity index (χ3v) is 3.30. The zero-order valence-electron chi connectivity index (χ0n) is 10.3. The summed E-state index contributed by atoms with van der Waals surface area (Å²) >= 11 is 0. The van der Waals surface area contributed by atoms with Gasteiger partial charge in [0.15, 0.2) is 0 Å². The molecule has 1 aliphatic rings. The number of halogens is 3. The smallest absolute Gasteiger partial charge is 0.389 e. The highest BCUT2D eigenvalue weighted by molar-refractivity contribution is 5.82. The Morgan fingerprint density at radius 1 is 1.37 bits per heavy atom. The minimum absolute atomic E-state index is 0.0437. The van der Waals surface area contributed by atoms with Crippen LogP contribution in [0.4, 0.5) is 13.2 Å². The second kappa shape index (κ2) is 4.85. The molecule has 1 heterocycles. The Morgan fingerprint density at radius 3 is 2.47 bits per heavy atom. The quantitative estimate of drug-likeness (QED) is 0.897. The first-order valence-corrected chi connectivity index (χ1v) is 5.93. The number of benzene rings is 1. The van der Waals surface area contributed by atoms with Gasteiger partial charge in [-0.1, -0.05) is 24.3 Å². The second-order valence-electron chi connectivity index (χ2n) is 4.71. The number of aliphatic hydroxyl groups excluding tert-OH is 1. The zero-order valence-corrected chi connectivity index (χ0v) is 10.3. The summed E-state index contributed by atoms with van der Waals surface area (Å²) in [5, 5.41) is 9.62. The predicted molar refractivity (Wildman–Crippen MR) is 62.5 cm³/mol. The van der Waals surface area contributed by atoms with E-state index in [9.17, 15) is 23.1 Å². The molecule has 1 atom stereocenters. The van der Waals surface area contributed by atoms with Crippen LogP contribution in [0.2, 0.25) is 0 Å². The first-order chi connectivity index (χ1) is 8.80. The predicted octanol–water partition coefficient (Wildman–Crippen LogP) is 2.23. The average Bonchev–Trinajstić information content (AvgIpc) is 2.26. The van der Waals surface area contributed by atoms with E-state index in [1.165, 1.54) is 0 Å². The molecule has 1 fully saturated rings. The molecular weight excluding hydrogens is 259 g/mol. The number of nitrogens with zero attached hydrogens (tertiary/aromatic N) is 1. The molecule has 2 rings (SSSR count). The van der Waals surface area contributed by atoms with Crippen LogP contribution in [-0.2, 0) is 4.79 Å². The van der Waals surface area contributed by atoms with Gasteiger partial charge in [-0.3, -0.25) is 4.79 Å². The van der Waals surface area contributed by atoms with Crippen LogP contribution in [0.1, 0.15) is 30.1 Å². The van der Waals surface area contributed by atoms with Crippen molar-refractivity contribution in [2.45, 2.75) is 25.1 Å². The third-order valence-electron chi connectivity index (χ3n) is 3.30. The van der Waals surface area contributed by atoms with E-state index in [2.05, 4.69) is 0 Å². The molecule has 0 spiro atoms. The van der Waals surface area contributed by atoms with Gasteiger partial charge in [0.2, 0.25) is 0 Å². The summed E-state index contributed by atoms with van der Waals surface area (Å²) in [4.78, 5) is 11.8. The maximum atomic E-state index is 12.2. The number of likely N-dealkylation sites (tertiary alicyclic amines) is 1. The van der Waals surface area contributed by atoms with Crippen LogP contribution in [0.15, 0.2) is 24.3 Å². The first kappa shape index (κ1) is 13.9. The summed E-state index contributed by atoms with van der Waals surface area (Å²) in [5.74, 6) is -1.93. The highest BCUT2D eigenvalue weighted by atomic mass is 19.4. The Balaban J connectivity index is 2.07. The Kier molecular flexibility index (Phi) is 3.54. The number of hydrogen-bond acceptors (Lipinski definition) is 2. The average molecular weight is 273 g/mol. The van der Waals surface area contributed by atoms with E-state index in [0.717, 1.165) is 10.5 Å². The molecular formula is C13H14F3NO2. The van der Waals surface area contributed by atoms with E-state index in [-0.39, 0.29) is 19.0 Å². The van der Waals surface area contributed by atoms with Gasteiger partial charge in [-0.25, -0.2) is 0 Å². The Bertz CT molecular complexity index is 479. The number of alkyl halides is 3. The van der Waals surface area contributed by atoms with Crippen LogP contribution in [0.3, 0.4) is 0 Å². The lowest BCUT2D eigenvalue weighted by atomic mass is 9.86. The molecule has 1 saturated heterocycles. The lowest BCUT2D eigenvalue weighted by Gasteiger charge is -2.40. The van der Waals surface area contributed by atoms with Crippen LogP contribution in [-0.4, -0.2) is 35.2 Å². The number of hydrogen-bond donors (Lipinski definition) is 1. The van der Waals surface area contributed by atoms with Gasteiger partial charge in [-0.2, -0.15) is 13.2 Å². The lowest BCUT2D eigenvalue weighted by Crippen LogP contribution is -2.53. The molecule has 1 aliphatic heterocycles. The van der Waals surface area contributed by atoms with Gasteiger partial charge in [-0.05, 0) is 18.1 Å². The number of aliphatic hydroxyl groups is 1. The van der Waals surface area contributed by atoms with Gasteiger partial charge < -0.3 is 10.0 Å². The third kappa shape index (κ3) is 2.73. The van der Waals surface area contributed by atoms with Crippen molar-refractivity contribution >= 4 is 5.91 Å². The molecule has 1 aromatic rings. The molecule has 19 heavy (non-hydrogen) atoms. The van der Waals surface area contributed by atoms with Crippen molar-refractivity contribution in [3.8, 4) is 0 Å². The summed E-state index contributed by atoms with van der Waals surface area (Å²) < 4.78 is 36.7. The number of amides is 1. The van der Waals surface area contributed by atoms with Crippen molar-refractivity contribution in [1.82, 2.24) is 4.90 Å². The molecule has 0 aliphatic carbocycles. The summed E-state index contributed by atoms with van der Waals surface area (Å²) in [6.07, 6.45) is -5.49. The molecule has 1 N–H and O–H groups in total. The van der Waals surface area contributed by atoms with Gasteiger partial charge in [0, 0.05) is 19.0 Å². The van der Waals surface area contributed by atoms with Crippen LogP contribution in [0.25, 0.3) is 0 Å². The lowest BCUT2D eigenvalue weighted by molar-refractivity contribution is -0.189. The highest BCUT2D eigenvalue weighted by Gasteiger charge is 2.47. The van der Waals surface area contributed by atoms with Crippen LogP contribution in [0.5, 0.6) is 0 Å². The summed E-state index contributed by atoms with van der Waals surface area (Å²) in [5.41, 5.74) is 1.51. The number of carbonyl (C=O) groups is 1. The van der Waals surface area contributed by atoms with Crippen molar-refractivity contribution in [3.63, 3.8) is 0 Å². The van der Waals surface area contributed by atoms with Gasteiger partial charge in [0.1, 0.15) is 0 Å². The minimum atomic E-state index is -4.81. The van der Waals surface area contributed by atoms with E-state index in [4.69, 9.17) is 0 Å². The largest absolute Gasteiger partial charge is 0.471 e. The molecule has 104 valence electrons. The van der Waals surface area contributed by atoms with Gasteiger partial charge >= 0.3 is 12.1 Å². The fourth-order valence-electron chi connectivity index (χ4n) is 2.28. The molecule has 1 aromatic carbocycles. The SMILES string of the molecule is CC(O)c1ccccc1C1CN(C(=O)C(F)(F)F)C1. The van der Waals surface area contributed by atoms with Crippen molar-refractivity contribution in [2.75, 3.05) is 13.1 Å². The number of rotatable bonds is 2. The topological polar surface area (TPSA) is 40.5 Å². The Labute approximate surface area is 108 Å². The van der Waals surface area contributed by atoms with E-state index >= 15 is 0 Å². The normalized spacial score (nSPS) is 18.1. The maximum Gasteiger partial charge on any atom is 0.471 e. The fraction of sp³-hybridized carbons (Fsp3) is 0.462. The second-order valence-corrected chi connectivity index (χ2v) is 4.71. The zero-order chi connectivity index (χ0) is 14.2. The monoisotopic (exact) mass is 273 g/mol. The van der Waals surface area contributed by atoms with Crippen molar-refractivity contribution in [3.05, 3.63) is 35.4 Å². The molecule has 0 saturated carbocycles. The molecule has 6 heteroatoms. The van der Waals surface area contributed by atoms with Crippen LogP contribution >= 0.6 is 0 Å². The summed E-state index contributed by atoms with van der Waals surface area (Å²) in [6.45, 7) is 1.69. The van der Waals surface area contributed by atoms with Crippen LogP contribution < -0.4 is 0 Å². The molecule has 0 radical (unpaired) electrons. The Hall–Kier alpha value is -1.56. The van der Waals surface area contributed by atoms with Crippen molar-refractivity contribution in [2.24, 2.45) is 0 Å². The maximum absolute atomic E-state index is 12.2. The van der Waals surface area contributed by atoms with Gasteiger partial charge in [0.25, 0.3) is 0 Å². The van der Waals surface area contributed by atoms with Crippen LogP contribution in [0, 0.1) is 0 Å². The summed E-state index contributed by atoms with van der Waals surface area (Å²) in [6, 6.07) is 7.06. The van der Waals surface area contributed by atoms with E-state index < -0.39 is 18.2 Å². The molecule has 1 amide bonds. The fourth-order valence-corrected chi connectivity index (χ4v) is 2.28. The van der Waals surface area contributed by atoms with Gasteiger partial charge in [0.05, 0.1) is 6.10 Å². The van der Waals surface area contributed by atoms with Crippen molar-refractivity contribution < 1.29 is 23.1 Å². The minimum Gasteiger partial charge on any atom is -0.389 e. The Morgan fingerprint density at radius 2 is 1.95 bits per heavy atom. The standard InChI is InChI=1S/C13H14F3NO2/c1-8(18)10-4-2-3-5-11(10)9-6-17(7-9)12(19)13(14,15)16/h2-5,8-9,18H,6-7H2,1H3.